The number of carbonyl (C=O) groups excluding carboxylic acids is 3. The van der Waals surface area contributed by atoms with Gasteiger partial charge in [-0.1, -0.05) is 26.0 Å². The van der Waals surface area contributed by atoms with E-state index in [-0.39, 0.29) is 30.9 Å². The van der Waals surface area contributed by atoms with Crippen LogP contribution < -0.4 is 27.4 Å². The predicted octanol–water partition coefficient (Wildman–Crippen LogP) is -0.00400. The van der Waals surface area contributed by atoms with Gasteiger partial charge in [-0.25, -0.2) is 4.79 Å². The summed E-state index contributed by atoms with van der Waals surface area (Å²) in [7, 11) is 0. The van der Waals surface area contributed by atoms with Crippen molar-refractivity contribution in [2.45, 2.75) is 77.0 Å². The molecule has 0 bridgehead atoms. The highest BCUT2D eigenvalue weighted by molar-refractivity contribution is 5.94. The fourth-order valence-electron chi connectivity index (χ4n) is 3.38. The van der Waals surface area contributed by atoms with Crippen LogP contribution >= 0.6 is 0 Å². The van der Waals surface area contributed by atoms with E-state index >= 15 is 0 Å². The minimum atomic E-state index is -1.17. The van der Waals surface area contributed by atoms with Crippen LogP contribution in [0, 0.1) is 5.92 Å². The van der Waals surface area contributed by atoms with Gasteiger partial charge in [0.1, 0.15) is 23.9 Å². The molecular formula is C24H39N5O6. The van der Waals surface area contributed by atoms with Gasteiger partial charge in [0.05, 0.1) is 6.04 Å². The Bertz CT molecular complexity index is 843. The lowest BCUT2D eigenvalue weighted by atomic mass is 10.00. The number of amides is 3. The maximum absolute atomic E-state index is 13.2. The molecule has 1 rings (SSSR count). The number of carbonyl (C=O) groups is 4. The van der Waals surface area contributed by atoms with Gasteiger partial charge in [-0.15, -0.1) is 0 Å². The molecule has 0 aliphatic rings. The number of phenols is 1. The smallest absolute Gasteiger partial charge is 0.326 e. The van der Waals surface area contributed by atoms with Gasteiger partial charge < -0.3 is 37.6 Å². The molecule has 35 heavy (non-hydrogen) atoms. The zero-order valence-electron chi connectivity index (χ0n) is 20.6. The maximum Gasteiger partial charge on any atom is 0.326 e. The number of phenolic OH excluding ortho intramolecular Hbond substituents is 1. The summed E-state index contributed by atoms with van der Waals surface area (Å²) in [6, 6.07) is 2.15. The zero-order valence-corrected chi connectivity index (χ0v) is 20.6. The van der Waals surface area contributed by atoms with Crippen LogP contribution in [0.25, 0.3) is 0 Å². The van der Waals surface area contributed by atoms with Gasteiger partial charge in [0.15, 0.2) is 0 Å². The predicted molar refractivity (Wildman–Crippen MR) is 131 cm³/mol. The second-order valence-corrected chi connectivity index (χ2v) is 9.10. The molecule has 0 saturated heterocycles. The Morgan fingerprint density at radius 3 is 1.91 bits per heavy atom. The van der Waals surface area contributed by atoms with E-state index < -0.39 is 47.9 Å². The van der Waals surface area contributed by atoms with E-state index in [1.54, 1.807) is 12.1 Å². The third-order valence-electron chi connectivity index (χ3n) is 5.32. The van der Waals surface area contributed by atoms with Gasteiger partial charge in [-0.05, 0) is 62.8 Å². The largest absolute Gasteiger partial charge is 0.508 e. The van der Waals surface area contributed by atoms with E-state index in [4.69, 9.17) is 11.5 Å². The second-order valence-electron chi connectivity index (χ2n) is 9.10. The molecule has 1 aromatic rings. The van der Waals surface area contributed by atoms with Crippen molar-refractivity contribution in [1.82, 2.24) is 16.0 Å². The molecule has 0 aromatic heterocycles. The molecule has 0 fully saturated rings. The van der Waals surface area contributed by atoms with E-state index in [0.29, 0.717) is 24.9 Å². The first-order valence-corrected chi connectivity index (χ1v) is 11.8. The molecule has 11 nitrogen and oxygen atoms in total. The monoisotopic (exact) mass is 493 g/mol. The molecule has 0 aliphatic heterocycles. The highest BCUT2D eigenvalue weighted by atomic mass is 16.4. The topological polar surface area (TPSA) is 197 Å². The Labute approximate surface area is 206 Å². The van der Waals surface area contributed by atoms with Crippen molar-refractivity contribution < 1.29 is 29.4 Å². The number of carboxylic acid groups (broad SMARTS) is 1. The number of aliphatic carboxylic acids is 1. The average molecular weight is 494 g/mol. The number of carboxylic acids is 1. The highest BCUT2D eigenvalue weighted by Crippen LogP contribution is 2.13. The van der Waals surface area contributed by atoms with Gasteiger partial charge in [-0.3, -0.25) is 14.4 Å². The van der Waals surface area contributed by atoms with Crippen LogP contribution in [0.5, 0.6) is 5.75 Å². The summed E-state index contributed by atoms with van der Waals surface area (Å²) >= 11 is 0. The number of unbranched alkanes of at least 4 members (excludes halogenated alkanes) is 1. The van der Waals surface area contributed by atoms with Crippen molar-refractivity contribution in [3.05, 3.63) is 29.8 Å². The first-order chi connectivity index (χ1) is 16.4. The van der Waals surface area contributed by atoms with Crippen LogP contribution in [-0.2, 0) is 25.6 Å². The third kappa shape index (κ3) is 11.2. The molecule has 4 unspecified atom stereocenters. The Kier molecular flexibility index (Phi) is 12.7. The van der Waals surface area contributed by atoms with Gasteiger partial charge >= 0.3 is 5.97 Å². The molecule has 3 amide bonds. The van der Waals surface area contributed by atoms with Crippen molar-refractivity contribution in [1.29, 1.82) is 0 Å². The molecule has 0 aliphatic carbocycles. The molecule has 0 radical (unpaired) electrons. The standard InChI is InChI=1S/C24H39N5O6/c1-14(2)12-19(22(32)27-18(24(34)35)6-4-5-11-25)29-23(33)20(28-21(31)15(3)26)13-16-7-9-17(30)10-8-16/h7-10,14-15,18-20,30H,4-6,11-13,25-26H2,1-3H3,(H,27,32)(H,28,31)(H,29,33)(H,34,35). The molecule has 0 spiro atoms. The lowest BCUT2D eigenvalue weighted by Crippen LogP contribution is -2.57. The molecule has 4 atom stereocenters. The number of hydrogen-bond acceptors (Lipinski definition) is 7. The van der Waals surface area contributed by atoms with Gasteiger partial charge in [0.25, 0.3) is 0 Å². The van der Waals surface area contributed by atoms with Crippen molar-refractivity contribution >= 4 is 23.7 Å². The second kappa shape index (κ2) is 14.9. The van der Waals surface area contributed by atoms with Crippen LogP contribution in [0.4, 0.5) is 0 Å². The van der Waals surface area contributed by atoms with E-state index in [1.165, 1.54) is 19.1 Å². The minimum Gasteiger partial charge on any atom is -0.508 e. The highest BCUT2D eigenvalue weighted by Gasteiger charge is 2.30. The summed E-state index contributed by atoms with van der Waals surface area (Å²) in [5, 5.41) is 26.8. The number of nitrogens with one attached hydrogen (secondary N) is 3. The van der Waals surface area contributed by atoms with Crippen LogP contribution in [-0.4, -0.2) is 64.6 Å². The summed E-state index contributed by atoms with van der Waals surface area (Å²) in [4.78, 5) is 50.0. The quantitative estimate of drug-likeness (QED) is 0.166. The molecule has 9 N–H and O–H groups in total. The number of benzene rings is 1. The summed E-state index contributed by atoms with van der Waals surface area (Å²) in [6.07, 6.45) is 1.74. The summed E-state index contributed by atoms with van der Waals surface area (Å²) in [6.45, 7) is 5.64. The molecule has 196 valence electrons. The van der Waals surface area contributed by atoms with Crippen LogP contribution in [0.15, 0.2) is 24.3 Å². The van der Waals surface area contributed by atoms with Crippen LogP contribution in [0.3, 0.4) is 0 Å². The van der Waals surface area contributed by atoms with E-state index in [9.17, 15) is 29.4 Å². The van der Waals surface area contributed by atoms with Crippen molar-refractivity contribution in [2.24, 2.45) is 17.4 Å². The normalized spacial score (nSPS) is 14.5. The number of aromatic hydroxyl groups is 1. The number of rotatable bonds is 15. The van der Waals surface area contributed by atoms with Crippen molar-refractivity contribution in [2.75, 3.05) is 6.54 Å². The molecule has 0 saturated carbocycles. The molecular weight excluding hydrogens is 454 g/mol. The molecule has 1 aromatic carbocycles. The van der Waals surface area contributed by atoms with E-state index in [0.717, 1.165) is 0 Å². The van der Waals surface area contributed by atoms with Crippen LogP contribution in [0.2, 0.25) is 0 Å². The average Bonchev–Trinajstić information content (AvgIpc) is 2.78. The van der Waals surface area contributed by atoms with Gasteiger partial charge in [-0.2, -0.15) is 0 Å². The lowest BCUT2D eigenvalue weighted by Gasteiger charge is -2.26. The van der Waals surface area contributed by atoms with Crippen molar-refractivity contribution in [3.63, 3.8) is 0 Å². The SMILES string of the molecule is CC(C)CC(NC(=O)C(Cc1ccc(O)cc1)NC(=O)C(C)N)C(=O)NC(CCCCN)C(=O)O. The van der Waals surface area contributed by atoms with E-state index in [1.807, 2.05) is 13.8 Å². The third-order valence-corrected chi connectivity index (χ3v) is 5.32. The Hall–Kier alpha value is -3.18. The Balaban J connectivity index is 3.04. The number of nitrogens with two attached hydrogens (primary N) is 2. The van der Waals surface area contributed by atoms with E-state index in [2.05, 4.69) is 16.0 Å². The fourth-order valence-corrected chi connectivity index (χ4v) is 3.38. The molecule has 0 heterocycles. The first-order valence-electron chi connectivity index (χ1n) is 11.8. The minimum absolute atomic E-state index is 0.0146. The summed E-state index contributed by atoms with van der Waals surface area (Å²) < 4.78 is 0. The number of hydrogen-bond donors (Lipinski definition) is 7. The summed E-state index contributed by atoms with van der Waals surface area (Å²) in [5.41, 5.74) is 11.8. The van der Waals surface area contributed by atoms with Crippen molar-refractivity contribution in [3.8, 4) is 5.75 Å². The zero-order chi connectivity index (χ0) is 26.5. The van der Waals surface area contributed by atoms with Gasteiger partial charge in [0, 0.05) is 6.42 Å². The first kappa shape index (κ1) is 29.9. The fraction of sp³-hybridized carbons (Fsp3) is 0.583. The van der Waals surface area contributed by atoms with Gasteiger partial charge in [0.2, 0.25) is 17.7 Å². The van der Waals surface area contributed by atoms with Crippen LogP contribution in [0.1, 0.15) is 52.0 Å². The molecule has 11 heteroatoms. The lowest BCUT2D eigenvalue weighted by molar-refractivity contribution is -0.142. The summed E-state index contributed by atoms with van der Waals surface area (Å²) in [5.74, 6) is -2.86. The Morgan fingerprint density at radius 1 is 0.857 bits per heavy atom. The maximum atomic E-state index is 13.2. The Morgan fingerprint density at radius 2 is 1.40 bits per heavy atom.